The molecule has 4 N–H and O–H groups in total. The van der Waals surface area contributed by atoms with E-state index in [1.807, 2.05) is 0 Å². The maximum Gasteiger partial charge on any atom is 0.0740 e. The van der Waals surface area contributed by atoms with Crippen molar-refractivity contribution in [2.45, 2.75) is 84.2 Å². The Labute approximate surface area is 119 Å². The van der Waals surface area contributed by atoms with Crippen LogP contribution in [-0.4, -0.2) is 29.5 Å². The summed E-state index contributed by atoms with van der Waals surface area (Å²) in [7, 11) is 0. The van der Waals surface area contributed by atoms with E-state index < -0.39 is 6.10 Å². The van der Waals surface area contributed by atoms with Crippen LogP contribution in [0.25, 0.3) is 0 Å². The van der Waals surface area contributed by atoms with Crippen molar-refractivity contribution in [1.82, 2.24) is 0 Å². The Balaban J connectivity index is 4.32. The van der Waals surface area contributed by atoms with E-state index in [2.05, 4.69) is 13.8 Å². The summed E-state index contributed by atoms with van der Waals surface area (Å²) in [5.74, 6) is 0. The zero-order valence-corrected chi connectivity index (χ0v) is 13.0. The molecule has 0 amide bonds. The van der Waals surface area contributed by atoms with Crippen molar-refractivity contribution in [3.8, 4) is 0 Å². The number of hydrogen-bond acceptors (Lipinski definition) is 3. The summed E-state index contributed by atoms with van der Waals surface area (Å²) in [6.07, 6.45) is 10.6. The molecule has 0 aliphatic carbocycles. The molecule has 0 aromatic rings. The van der Waals surface area contributed by atoms with E-state index in [9.17, 15) is 10.2 Å². The molecule has 0 aliphatic rings. The molecule has 0 rings (SSSR count). The molecule has 0 aromatic carbocycles. The topological polar surface area (TPSA) is 66.5 Å². The highest BCUT2D eigenvalue weighted by atomic mass is 16.3. The Kier molecular flexibility index (Phi) is 11.6. The lowest BCUT2D eigenvalue weighted by atomic mass is 9.74. The van der Waals surface area contributed by atoms with Crippen LogP contribution in [0.5, 0.6) is 0 Å². The summed E-state index contributed by atoms with van der Waals surface area (Å²) in [5, 5.41) is 20.0. The van der Waals surface area contributed by atoms with Gasteiger partial charge in [-0.25, -0.2) is 0 Å². The standard InChI is InChI=1S/C16H35NO2/c1-3-5-7-9-11-16(14-18,15(19)13-17)12-10-8-6-4-2/h15,18-19H,3-14,17H2,1-2H3. The van der Waals surface area contributed by atoms with Gasteiger partial charge in [-0.2, -0.15) is 0 Å². The lowest BCUT2D eigenvalue weighted by Gasteiger charge is -2.36. The average molecular weight is 273 g/mol. The number of hydrogen-bond donors (Lipinski definition) is 3. The van der Waals surface area contributed by atoms with Gasteiger partial charge >= 0.3 is 0 Å². The monoisotopic (exact) mass is 273 g/mol. The summed E-state index contributed by atoms with van der Waals surface area (Å²) in [6.45, 7) is 4.70. The second-order valence-electron chi connectivity index (χ2n) is 5.89. The van der Waals surface area contributed by atoms with Crippen molar-refractivity contribution in [3.05, 3.63) is 0 Å². The van der Waals surface area contributed by atoms with Gasteiger partial charge in [0.05, 0.1) is 12.7 Å². The highest BCUT2D eigenvalue weighted by Gasteiger charge is 2.35. The molecule has 116 valence electrons. The number of unbranched alkanes of at least 4 members (excludes halogenated alkanes) is 6. The Hall–Kier alpha value is -0.120. The van der Waals surface area contributed by atoms with Crippen LogP contribution in [0.4, 0.5) is 0 Å². The third kappa shape index (κ3) is 7.28. The third-order valence-electron chi connectivity index (χ3n) is 4.30. The lowest BCUT2D eigenvalue weighted by Crippen LogP contribution is -2.43. The second kappa shape index (κ2) is 11.7. The fraction of sp³-hybridized carbons (Fsp3) is 1.00. The predicted octanol–water partition coefficient (Wildman–Crippen LogP) is 3.23. The first-order valence-corrected chi connectivity index (χ1v) is 8.15. The average Bonchev–Trinajstić information content (AvgIpc) is 2.45. The van der Waals surface area contributed by atoms with Gasteiger partial charge in [0, 0.05) is 12.0 Å². The van der Waals surface area contributed by atoms with Crippen molar-refractivity contribution in [2.75, 3.05) is 13.2 Å². The van der Waals surface area contributed by atoms with Gasteiger partial charge in [-0.15, -0.1) is 0 Å². The molecule has 0 bridgehead atoms. The SMILES string of the molecule is CCCCCCC(CO)(CCCCCC)C(O)CN. The van der Waals surface area contributed by atoms with Crippen LogP contribution in [-0.2, 0) is 0 Å². The van der Waals surface area contributed by atoms with Crippen LogP contribution in [0.3, 0.4) is 0 Å². The maximum absolute atomic E-state index is 10.2. The van der Waals surface area contributed by atoms with E-state index in [0.717, 1.165) is 25.7 Å². The molecule has 1 atom stereocenters. The molecule has 0 saturated carbocycles. The molecular weight excluding hydrogens is 238 g/mol. The number of aliphatic hydroxyl groups excluding tert-OH is 2. The summed E-state index contributed by atoms with van der Waals surface area (Å²) >= 11 is 0. The Morgan fingerprint density at radius 3 is 1.68 bits per heavy atom. The normalized spacial score (nSPS) is 13.7. The lowest BCUT2D eigenvalue weighted by molar-refractivity contribution is -0.0278. The smallest absolute Gasteiger partial charge is 0.0740 e. The fourth-order valence-electron chi connectivity index (χ4n) is 2.78. The first kappa shape index (κ1) is 18.9. The molecule has 0 heterocycles. The van der Waals surface area contributed by atoms with Crippen LogP contribution >= 0.6 is 0 Å². The minimum Gasteiger partial charge on any atom is -0.396 e. The Morgan fingerprint density at radius 1 is 0.895 bits per heavy atom. The number of aliphatic hydroxyl groups is 2. The van der Waals surface area contributed by atoms with Gasteiger partial charge in [0.2, 0.25) is 0 Å². The van der Waals surface area contributed by atoms with Gasteiger partial charge in [-0.1, -0.05) is 65.2 Å². The van der Waals surface area contributed by atoms with E-state index in [1.165, 1.54) is 38.5 Å². The molecule has 0 spiro atoms. The first-order chi connectivity index (χ1) is 9.16. The molecule has 0 fully saturated rings. The van der Waals surface area contributed by atoms with Crippen molar-refractivity contribution >= 4 is 0 Å². The fourth-order valence-corrected chi connectivity index (χ4v) is 2.78. The van der Waals surface area contributed by atoms with E-state index in [4.69, 9.17) is 5.73 Å². The van der Waals surface area contributed by atoms with Gasteiger partial charge in [0.15, 0.2) is 0 Å². The van der Waals surface area contributed by atoms with Crippen LogP contribution in [0.1, 0.15) is 78.1 Å². The minimum atomic E-state index is -0.569. The van der Waals surface area contributed by atoms with Gasteiger partial charge < -0.3 is 15.9 Å². The zero-order valence-electron chi connectivity index (χ0n) is 13.0. The van der Waals surface area contributed by atoms with Gasteiger partial charge in [0.25, 0.3) is 0 Å². The molecule has 3 heteroatoms. The van der Waals surface area contributed by atoms with Gasteiger partial charge in [0.1, 0.15) is 0 Å². The molecule has 3 nitrogen and oxygen atoms in total. The van der Waals surface area contributed by atoms with E-state index >= 15 is 0 Å². The van der Waals surface area contributed by atoms with E-state index in [1.54, 1.807) is 0 Å². The van der Waals surface area contributed by atoms with Gasteiger partial charge in [-0.05, 0) is 12.8 Å². The van der Waals surface area contributed by atoms with Crippen molar-refractivity contribution in [2.24, 2.45) is 11.1 Å². The molecule has 0 saturated heterocycles. The molecule has 0 aromatic heterocycles. The Morgan fingerprint density at radius 2 is 1.37 bits per heavy atom. The quantitative estimate of drug-likeness (QED) is 0.451. The number of nitrogens with two attached hydrogens (primary N) is 1. The molecule has 1 unspecified atom stereocenters. The van der Waals surface area contributed by atoms with E-state index in [0.29, 0.717) is 0 Å². The summed E-state index contributed by atoms with van der Waals surface area (Å²) in [5.41, 5.74) is 5.27. The predicted molar refractivity (Wildman–Crippen MR) is 82.1 cm³/mol. The highest BCUT2D eigenvalue weighted by Crippen LogP contribution is 2.35. The van der Waals surface area contributed by atoms with Crippen molar-refractivity contribution in [3.63, 3.8) is 0 Å². The van der Waals surface area contributed by atoms with Crippen LogP contribution in [0, 0.1) is 5.41 Å². The Bertz CT molecular complexity index is 185. The minimum absolute atomic E-state index is 0.0591. The first-order valence-electron chi connectivity index (χ1n) is 8.15. The summed E-state index contributed by atoms with van der Waals surface area (Å²) in [4.78, 5) is 0. The highest BCUT2D eigenvalue weighted by molar-refractivity contribution is 4.86. The molecule has 0 aliphatic heterocycles. The largest absolute Gasteiger partial charge is 0.396 e. The third-order valence-corrected chi connectivity index (χ3v) is 4.30. The molecule has 0 radical (unpaired) electrons. The van der Waals surface area contributed by atoms with Crippen molar-refractivity contribution < 1.29 is 10.2 Å². The van der Waals surface area contributed by atoms with Gasteiger partial charge in [-0.3, -0.25) is 0 Å². The molecular formula is C16H35NO2. The summed E-state index contributed by atoms with van der Waals surface area (Å²) < 4.78 is 0. The van der Waals surface area contributed by atoms with Crippen LogP contribution in [0.15, 0.2) is 0 Å². The van der Waals surface area contributed by atoms with Crippen LogP contribution < -0.4 is 5.73 Å². The molecule has 19 heavy (non-hydrogen) atoms. The maximum atomic E-state index is 10.2. The van der Waals surface area contributed by atoms with Crippen LogP contribution in [0.2, 0.25) is 0 Å². The number of rotatable bonds is 13. The second-order valence-corrected chi connectivity index (χ2v) is 5.89. The summed E-state index contributed by atoms with van der Waals surface area (Å²) in [6, 6.07) is 0. The van der Waals surface area contributed by atoms with Crippen molar-refractivity contribution in [1.29, 1.82) is 0 Å². The zero-order chi connectivity index (χ0) is 14.6. The van der Waals surface area contributed by atoms with E-state index in [-0.39, 0.29) is 18.6 Å².